The van der Waals surface area contributed by atoms with Gasteiger partial charge in [-0.05, 0) is 26.0 Å². The van der Waals surface area contributed by atoms with E-state index in [9.17, 15) is 9.59 Å². The summed E-state index contributed by atoms with van der Waals surface area (Å²) in [5.74, 6) is -0.348. The van der Waals surface area contributed by atoms with Crippen LogP contribution in [0.1, 0.15) is 34.6 Å². The van der Waals surface area contributed by atoms with Gasteiger partial charge in [0, 0.05) is 11.1 Å². The van der Waals surface area contributed by atoms with Gasteiger partial charge in [0.15, 0.2) is 11.6 Å². The van der Waals surface area contributed by atoms with Gasteiger partial charge in [-0.1, -0.05) is 23.2 Å². The zero-order valence-electron chi connectivity index (χ0n) is 7.73. The molecule has 0 aromatic heterocycles. The van der Waals surface area contributed by atoms with E-state index in [1.807, 2.05) is 0 Å². The molecule has 0 atom stereocenters. The van der Waals surface area contributed by atoms with E-state index in [1.54, 1.807) is 0 Å². The van der Waals surface area contributed by atoms with Crippen molar-refractivity contribution >= 4 is 34.8 Å². The van der Waals surface area contributed by atoms with Gasteiger partial charge < -0.3 is 0 Å². The predicted octanol–water partition coefficient (Wildman–Crippen LogP) is 3.40. The Morgan fingerprint density at radius 1 is 0.929 bits per heavy atom. The Balaban J connectivity index is 3.41. The number of benzene rings is 1. The topological polar surface area (TPSA) is 34.1 Å². The van der Waals surface area contributed by atoms with Crippen molar-refractivity contribution in [1.82, 2.24) is 0 Å². The molecule has 4 heteroatoms. The third-order valence-corrected chi connectivity index (χ3v) is 2.72. The van der Waals surface area contributed by atoms with Gasteiger partial charge in [0.1, 0.15) is 0 Å². The van der Waals surface area contributed by atoms with E-state index >= 15 is 0 Å². The molecule has 2 nitrogen and oxygen atoms in total. The molecule has 0 spiro atoms. The molecule has 0 amide bonds. The maximum atomic E-state index is 11.1. The summed E-state index contributed by atoms with van der Waals surface area (Å²) in [6.45, 7) is 2.79. The van der Waals surface area contributed by atoms with E-state index in [1.165, 1.54) is 26.0 Å². The highest BCUT2D eigenvalue weighted by Crippen LogP contribution is 2.30. The van der Waals surface area contributed by atoms with Crippen LogP contribution in [0.3, 0.4) is 0 Å². The number of ketones is 2. The van der Waals surface area contributed by atoms with Gasteiger partial charge in [-0.3, -0.25) is 9.59 Å². The standard InChI is InChI=1S/C10H8Cl2O2/c1-5(13)7-3-4-8(6(2)14)10(12)9(7)11/h3-4H,1-2H3. The predicted molar refractivity (Wildman–Crippen MR) is 56.5 cm³/mol. The highest BCUT2D eigenvalue weighted by atomic mass is 35.5. The van der Waals surface area contributed by atoms with Crippen molar-refractivity contribution in [3.05, 3.63) is 33.3 Å². The van der Waals surface area contributed by atoms with Crippen LogP contribution in [0.5, 0.6) is 0 Å². The molecule has 0 unspecified atom stereocenters. The van der Waals surface area contributed by atoms with Crippen molar-refractivity contribution in [1.29, 1.82) is 0 Å². The molecule has 0 aliphatic rings. The lowest BCUT2D eigenvalue weighted by Crippen LogP contribution is -1.99. The second-order valence-corrected chi connectivity index (χ2v) is 3.66. The lowest BCUT2D eigenvalue weighted by atomic mass is 10.1. The second-order valence-electron chi connectivity index (χ2n) is 2.90. The quantitative estimate of drug-likeness (QED) is 0.731. The molecule has 0 fully saturated rings. The first-order valence-corrected chi connectivity index (χ1v) is 4.70. The second kappa shape index (κ2) is 4.11. The summed E-state index contributed by atoms with van der Waals surface area (Å²) in [5.41, 5.74) is 0.670. The molecule has 0 bridgehead atoms. The molecule has 14 heavy (non-hydrogen) atoms. The van der Waals surface area contributed by atoms with E-state index < -0.39 is 0 Å². The fraction of sp³-hybridized carbons (Fsp3) is 0.200. The van der Waals surface area contributed by atoms with Crippen molar-refractivity contribution < 1.29 is 9.59 Å². The summed E-state index contributed by atoms with van der Waals surface area (Å²) >= 11 is 11.7. The van der Waals surface area contributed by atoms with Gasteiger partial charge in [-0.25, -0.2) is 0 Å². The molecule has 1 aromatic rings. The zero-order valence-corrected chi connectivity index (χ0v) is 9.24. The number of hydrogen-bond acceptors (Lipinski definition) is 2. The minimum Gasteiger partial charge on any atom is -0.294 e. The normalized spacial score (nSPS) is 10.0. The van der Waals surface area contributed by atoms with Gasteiger partial charge >= 0.3 is 0 Å². The van der Waals surface area contributed by atoms with Crippen LogP contribution in [0.4, 0.5) is 0 Å². The molecule has 74 valence electrons. The van der Waals surface area contributed by atoms with Gasteiger partial charge in [0.05, 0.1) is 10.0 Å². The summed E-state index contributed by atoms with van der Waals surface area (Å²) in [4.78, 5) is 22.1. The summed E-state index contributed by atoms with van der Waals surface area (Å²) in [6, 6.07) is 3.01. The van der Waals surface area contributed by atoms with Crippen LogP contribution in [0.2, 0.25) is 10.0 Å². The molecule has 0 radical (unpaired) electrons. The smallest absolute Gasteiger partial charge is 0.161 e. The van der Waals surface area contributed by atoms with Crippen LogP contribution in [0, 0.1) is 0 Å². The Morgan fingerprint density at radius 2 is 1.21 bits per heavy atom. The van der Waals surface area contributed by atoms with E-state index in [0.29, 0.717) is 11.1 Å². The Hall–Kier alpha value is -0.860. The van der Waals surface area contributed by atoms with E-state index in [0.717, 1.165) is 0 Å². The first-order valence-electron chi connectivity index (χ1n) is 3.95. The fourth-order valence-electron chi connectivity index (χ4n) is 1.09. The van der Waals surface area contributed by atoms with Crippen LogP contribution >= 0.6 is 23.2 Å². The Kier molecular flexibility index (Phi) is 3.29. The molecule has 0 N–H and O–H groups in total. The first-order chi connectivity index (χ1) is 6.45. The zero-order chi connectivity index (χ0) is 10.9. The average Bonchev–Trinajstić information content (AvgIpc) is 2.08. The van der Waals surface area contributed by atoms with Crippen molar-refractivity contribution in [3.8, 4) is 0 Å². The molecular formula is C10H8Cl2O2. The lowest BCUT2D eigenvalue weighted by molar-refractivity contribution is 0.100. The number of carbonyl (C=O) groups excluding carboxylic acids is 2. The minimum atomic E-state index is -0.174. The summed E-state index contributed by atoms with van der Waals surface area (Å²) in [6.07, 6.45) is 0. The highest BCUT2D eigenvalue weighted by molar-refractivity contribution is 6.45. The van der Waals surface area contributed by atoms with Crippen LogP contribution in [0.15, 0.2) is 12.1 Å². The van der Waals surface area contributed by atoms with Gasteiger partial charge in [0.2, 0.25) is 0 Å². The average molecular weight is 231 g/mol. The van der Waals surface area contributed by atoms with E-state index in [4.69, 9.17) is 23.2 Å². The molecule has 1 rings (SSSR count). The third kappa shape index (κ3) is 1.97. The van der Waals surface area contributed by atoms with Crippen molar-refractivity contribution in [2.75, 3.05) is 0 Å². The SMILES string of the molecule is CC(=O)c1ccc(C(C)=O)c(Cl)c1Cl. The third-order valence-electron chi connectivity index (χ3n) is 1.84. The van der Waals surface area contributed by atoms with E-state index in [2.05, 4.69) is 0 Å². The molecule has 1 aromatic carbocycles. The number of carbonyl (C=O) groups is 2. The van der Waals surface area contributed by atoms with Gasteiger partial charge in [-0.2, -0.15) is 0 Å². The number of hydrogen-bond donors (Lipinski definition) is 0. The minimum absolute atomic E-state index is 0.145. The monoisotopic (exact) mass is 230 g/mol. The molecule has 0 saturated heterocycles. The van der Waals surface area contributed by atoms with E-state index in [-0.39, 0.29) is 21.6 Å². The fourth-order valence-corrected chi connectivity index (χ4v) is 1.69. The van der Waals surface area contributed by atoms with Gasteiger partial charge in [0.25, 0.3) is 0 Å². The largest absolute Gasteiger partial charge is 0.294 e. The number of halogens is 2. The van der Waals surface area contributed by atoms with Crippen LogP contribution in [-0.2, 0) is 0 Å². The lowest BCUT2D eigenvalue weighted by Gasteiger charge is -2.05. The van der Waals surface area contributed by atoms with Crippen LogP contribution in [0.25, 0.3) is 0 Å². The number of Topliss-reactive ketones (excluding diaryl/α,β-unsaturated/α-hetero) is 2. The molecular weight excluding hydrogens is 223 g/mol. The molecule has 0 heterocycles. The summed E-state index contributed by atoms with van der Waals surface area (Å²) in [7, 11) is 0. The molecule has 0 aliphatic carbocycles. The summed E-state index contributed by atoms with van der Waals surface area (Å²) in [5, 5.41) is 0.290. The van der Waals surface area contributed by atoms with Crippen molar-refractivity contribution in [3.63, 3.8) is 0 Å². The Morgan fingerprint density at radius 3 is 1.43 bits per heavy atom. The Labute approximate surface area is 91.8 Å². The highest BCUT2D eigenvalue weighted by Gasteiger charge is 2.14. The number of rotatable bonds is 2. The summed E-state index contributed by atoms with van der Waals surface area (Å²) < 4.78 is 0. The van der Waals surface area contributed by atoms with Crippen LogP contribution < -0.4 is 0 Å². The van der Waals surface area contributed by atoms with Crippen molar-refractivity contribution in [2.45, 2.75) is 13.8 Å². The van der Waals surface area contributed by atoms with Crippen LogP contribution in [-0.4, -0.2) is 11.6 Å². The maximum absolute atomic E-state index is 11.1. The Bertz CT molecular complexity index is 372. The van der Waals surface area contributed by atoms with Crippen molar-refractivity contribution in [2.24, 2.45) is 0 Å². The molecule has 0 aliphatic heterocycles. The maximum Gasteiger partial charge on any atom is 0.161 e. The van der Waals surface area contributed by atoms with Gasteiger partial charge in [-0.15, -0.1) is 0 Å². The molecule has 0 saturated carbocycles. The first kappa shape index (κ1) is 11.2.